The summed E-state index contributed by atoms with van der Waals surface area (Å²) in [6.45, 7) is 5.98. The SMILES string of the molecule is Cc1ccc(C(=O)CCC(=O)N2CCCN(C(=O)CCC(=O)c3ccc(C)cc3)CC2)cc1. The van der Waals surface area contributed by atoms with E-state index < -0.39 is 0 Å². The minimum Gasteiger partial charge on any atom is -0.341 e. The van der Waals surface area contributed by atoms with Crippen LogP contribution >= 0.6 is 0 Å². The third-order valence-corrected chi connectivity index (χ3v) is 6.08. The number of Topliss-reactive ketones (excluding diaryl/α,β-unsaturated/α-hetero) is 2. The van der Waals surface area contributed by atoms with Crippen LogP contribution in [0.15, 0.2) is 48.5 Å². The zero-order valence-corrected chi connectivity index (χ0v) is 19.5. The molecule has 174 valence electrons. The molecule has 0 saturated carbocycles. The number of hydrogen-bond acceptors (Lipinski definition) is 4. The van der Waals surface area contributed by atoms with Gasteiger partial charge in [0.2, 0.25) is 11.8 Å². The van der Waals surface area contributed by atoms with E-state index in [2.05, 4.69) is 0 Å². The van der Waals surface area contributed by atoms with Gasteiger partial charge in [-0.25, -0.2) is 0 Å². The van der Waals surface area contributed by atoms with E-state index in [1.807, 2.05) is 38.1 Å². The number of benzene rings is 2. The second-order valence-electron chi connectivity index (χ2n) is 8.69. The zero-order chi connectivity index (χ0) is 23.8. The molecule has 0 radical (unpaired) electrons. The Bertz CT molecular complexity index is 914. The molecule has 0 N–H and O–H groups in total. The molecule has 2 aromatic rings. The van der Waals surface area contributed by atoms with Crippen molar-refractivity contribution < 1.29 is 19.2 Å². The van der Waals surface area contributed by atoms with E-state index in [0.29, 0.717) is 43.7 Å². The average molecular weight is 449 g/mol. The molecule has 6 nitrogen and oxygen atoms in total. The molecule has 3 rings (SSSR count). The fraction of sp³-hybridized carbons (Fsp3) is 0.407. The highest BCUT2D eigenvalue weighted by molar-refractivity contribution is 5.98. The predicted molar refractivity (Wildman–Crippen MR) is 127 cm³/mol. The van der Waals surface area contributed by atoms with Gasteiger partial charge < -0.3 is 9.80 Å². The van der Waals surface area contributed by atoms with Gasteiger partial charge >= 0.3 is 0 Å². The van der Waals surface area contributed by atoms with Crippen molar-refractivity contribution in [3.05, 3.63) is 70.8 Å². The number of hydrogen-bond donors (Lipinski definition) is 0. The van der Waals surface area contributed by atoms with Crippen molar-refractivity contribution in [1.29, 1.82) is 0 Å². The van der Waals surface area contributed by atoms with Crippen molar-refractivity contribution in [1.82, 2.24) is 9.80 Å². The standard InChI is InChI=1S/C27H32N2O4/c1-20-4-8-22(9-5-20)24(30)12-14-26(32)28-16-3-17-29(19-18-28)27(33)15-13-25(31)23-10-6-21(2)7-11-23/h4-11H,3,12-19H2,1-2H3. The largest absolute Gasteiger partial charge is 0.341 e. The van der Waals surface area contributed by atoms with Crippen LogP contribution in [0.4, 0.5) is 0 Å². The summed E-state index contributed by atoms with van der Waals surface area (Å²) in [5.41, 5.74) is 3.43. The fourth-order valence-electron chi connectivity index (χ4n) is 3.94. The summed E-state index contributed by atoms with van der Waals surface area (Å²) in [7, 11) is 0. The number of amides is 2. The number of carbonyl (C=O) groups is 4. The zero-order valence-electron chi connectivity index (χ0n) is 19.5. The number of nitrogens with zero attached hydrogens (tertiary/aromatic N) is 2. The summed E-state index contributed by atoms with van der Waals surface area (Å²) in [5.74, 6) is -0.181. The van der Waals surface area contributed by atoms with E-state index >= 15 is 0 Å². The lowest BCUT2D eigenvalue weighted by Crippen LogP contribution is -2.37. The molecular formula is C27H32N2O4. The molecule has 6 heteroatoms. The van der Waals surface area contributed by atoms with Crippen molar-refractivity contribution >= 4 is 23.4 Å². The monoisotopic (exact) mass is 448 g/mol. The Labute approximate surface area is 195 Å². The topological polar surface area (TPSA) is 74.8 Å². The van der Waals surface area contributed by atoms with Crippen molar-refractivity contribution in [3.8, 4) is 0 Å². The van der Waals surface area contributed by atoms with Gasteiger partial charge in [-0.15, -0.1) is 0 Å². The van der Waals surface area contributed by atoms with E-state index in [-0.39, 0.29) is 49.1 Å². The minimum atomic E-state index is -0.0562. The van der Waals surface area contributed by atoms with Crippen LogP contribution in [0, 0.1) is 13.8 Å². The smallest absolute Gasteiger partial charge is 0.223 e. The third-order valence-electron chi connectivity index (χ3n) is 6.08. The Kier molecular flexibility index (Phi) is 8.52. The first-order valence-electron chi connectivity index (χ1n) is 11.6. The fourth-order valence-corrected chi connectivity index (χ4v) is 3.94. The lowest BCUT2D eigenvalue weighted by atomic mass is 10.0. The Balaban J connectivity index is 1.43. The summed E-state index contributed by atoms with van der Waals surface area (Å²) >= 11 is 0. The number of ketones is 2. The average Bonchev–Trinajstić information content (AvgIpc) is 3.08. The number of rotatable bonds is 8. The molecule has 0 atom stereocenters. The number of aryl methyl sites for hydroxylation is 2. The summed E-state index contributed by atoms with van der Waals surface area (Å²) in [6, 6.07) is 14.7. The molecule has 1 saturated heterocycles. The quantitative estimate of drug-likeness (QED) is 0.573. The van der Waals surface area contributed by atoms with E-state index in [9.17, 15) is 19.2 Å². The molecule has 1 aliphatic rings. The minimum absolute atomic E-state index is 0.0341. The first-order chi connectivity index (χ1) is 15.8. The third kappa shape index (κ3) is 7.11. The molecule has 0 aliphatic carbocycles. The first kappa shape index (κ1) is 24.4. The van der Waals surface area contributed by atoms with Gasteiger partial charge in [-0.2, -0.15) is 0 Å². The molecule has 1 heterocycles. The molecular weight excluding hydrogens is 416 g/mol. The van der Waals surface area contributed by atoms with Crippen LogP contribution in [0.3, 0.4) is 0 Å². The Morgan fingerprint density at radius 3 is 1.30 bits per heavy atom. The van der Waals surface area contributed by atoms with Gasteiger partial charge in [0.15, 0.2) is 11.6 Å². The molecule has 0 aromatic heterocycles. The summed E-state index contributed by atoms with van der Waals surface area (Å²) < 4.78 is 0. The summed E-state index contributed by atoms with van der Waals surface area (Å²) in [5, 5.41) is 0. The van der Waals surface area contributed by atoms with Crippen LogP contribution < -0.4 is 0 Å². The molecule has 0 spiro atoms. The lowest BCUT2D eigenvalue weighted by molar-refractivity contribution is -0.133. The lowest BCUT2D eigenvalue weighted by Gasteiger charge is -2.22. The Morgan fingerprint density at radius 2 is 0.939 bits per heavy atom. The van der Waals surface area contributed by atoms with Crippen molar-refractivity contribution in [3.63, 3.8) is 0 Å². The van der Waals surface area contributed by atoms with Crippen LogP contribution in [0.5, 0.6) is 0 Å². The van der Waals surface area contributed by atoms with Gasteiger partial charge in [-0.3, -0.25) is 19.2 Å². The van der Waals surface area contributed by atoms with E-state index in [1.54, 1.807) is 34.1 Å². The normalized spacial score (nSPS) is 14.0. The molecule has 0 bridgehead atoms. The summed E-state index contributed by atoms with van der Waals surface area (Å²) in [4.78, 5) is 53.5. The van der Waals surface area contributed by atoms with E-state index in [0.717, 1.165) is 11.1 Å². The molecule has 2 aromatic carbocycles. The van der Waals surface area contributed by atoms with Crippen LogP contribution in [0.1, 0.15) is 63.9 Å². The molecule has 1 fully saturated rings. The van der Waals surface area contributed by atoms with Gasteiger partial charge in [0.05, 0.1) is 0 Å². The second-order valence-corrected chi connectivity index (χ2v) is 8.69. The number of carbonyl (C=O) groups excluding carboxylic acids is 4. The highest BCUT2D eigenvalue weighted by Gasteiger charge is 2.23. The summed E-state index contributed by atoms with van der Waals surface area (Å²) in [6.07, 6.45) is 1.40. The van der Waals surface area contributed by atoms with E-state index in [1.165, 1.54) is 0 Å². The maximum absolute atomic E-state index is 12.6. The van der Waals surface area contributed by atoms with Crippen molar-refractivity contribution in [2.45, 2.75) is 46.0 Å². The van der Waals surface area contributed by atoms with Crippen LogP contribution in [0.2, 0.25) is 0 Å². The molecule has 0 unspecified atom stereocenters. The molecule has 2 amide bonds. The second kappa shape index (κ2) is 11.5. The van der Waals surface area contributed by atoms with Gasteiger partial charge in [0, 0.05) is 63.0 Å². The first-order valence-corrected chi connectivity index (χ1v) is 11.6. The maximum atomic E-state index is 12.6. The Hall–Kier alpha value is -3.28. The highest BCUT2D eigenvalue weighted by Crippen LogP contribution is 2.13. The van der Waals surface area contributed by atoms with Crippen molar-refractivity contribution in [2.75, 3.05) is 26.2 Å². The highest BCUT2D eigenvalue weighted by atomic mass is 16.2. The van der Waals surface area contributed by atoms with Crippen LogP contribution in [-0.4, -0.2) is 59.4 Å². The van der Waals surface area contributed by atoms with Crippen LogP contribution in [-0.2, 0) is 9.59 Å². The van der Waals surface area contributed by atoms with Gasteiger partial charge in [-0.05, 0) is 20.3 Å². The van der Waals surface area contributed by atoms with Crippen molar-refractivity contribution in [2.24, 2.45) is 0 Å². The van der Waals surface area contributed by atoms with Gasteiger partial charge in [0.25, 0.3) is 0 Å². The predicted octanol–water partition coefficient (Wildman–Crippen LogP) is 3.99. The van der Waals surface area contributed by atoms with Gasteiger partial charge in [0.1, 0.15) is 0 Å². The Morgan fingerprint density at radius 1 is 0.576 bits per heavy atom. The molecule has 1 aliphatic heterocycles. The van der Waals surface area contributed by atoms with Crippen LogP contribution in [0.25, 0.3) is 0 Å². The van der Waals surface area contributed by atoms with Gasteiger partial charge in [-0.1, -0.05) is 59.7 Å². The van der Waals surface area contributed by atoms with E-state index in [4.69, 9.17) is 0 Å². The maximum Gasteiger partial charge on any atom is 0.223 e. The molecule has 33 heavy (non-hydrogen) atoms.